The number of carbonyl (C=O) groups is 1. The standard InChI is InChI=1S/C17H21F3N4O2S/c1-2-3-14-22-23-16(27)24(14)9-15(25)21-8-12-4-6-13(7-5-12)10-26-11-17(18,19)20/h4-7H,2-3,8-11H2,1H3,(H,21,25)(H,23,27). The van der Waals surface area contributed by atoms with Crippen molar-refractivity contribution in [2.45, 2.75) is 45.6 Å². The van der Waals surface area contributed by atoms with Crippen LogP contribution in [0, 0.1) is 4.77 Å². The number of H-pyrrole nitrogens is 1. The summed E-state index contributed by atoms with van der Waals surface area (Å²) in [6.07, 6.45) is -2.72. The molecule has 0 saturated carbocycles. The molecule has 2 N–H and O–H groups in total. The van der Waals surface area contributed by atoms with Gasteiger partial charge >= 0.3 is 6.18 Å². The molecule has 0 saturated heterocycles. The summed E-state index contributed by atoms with van der Waals surface area (Å²) < 4.78 is 42.8. The maximum atomic E-state index is 12.1. The van der Waals surface area contributed by atoms with Crippen molar-refractivity contribution < 1.29 is 22.7 Å². The monoisotopic (exact) mass is 402 g/mol. The number of nitrogens with one attached hydrogen (secondary N) is 2. The summed E-state index contributed by atoms with van der Waals surface area (Å²) in [5.74, 6) is 0.531. The molecule has 27 heavy (non-hydrogen) atoms. The summed E-state index contributed by atoms with van der Waals surface area (Å²) in [5.41, 5.74) is 1.45. The maximum absolute atomic E-state index is 12.1. The maximum Gasteiger partial charge on any atom is 0.411 e. The Morgan fingerprint density at radius 2 is 1.96 bits per heavy atom. The minimum absolute atomic E-state index is 0.0774. The number of alkyl halides is 3. The molecule has 0 bridgehead atoms. The van der Waals surface area contributed by atoms with Gasteiger partial charge in [0.2, 0.25) is 5.91 Å². The van der Waals surface area contributed by atoms with E-state index < -0.39 is 12.8 Å². The largest absolute Gasteiger partial charge is 0.411 e. The van der Waals surface area contributed by atoms with Gasteiger partial charge in [-0.05, 0) is 29.8 Å². The average Bonchev–Trinajstić information content (AvgIpc) is 2.94. The summed E-state index contributed by atoms with van der Waals surface area (Å²) in [6.45, 7) is 0.997. The molecule has 1 aromatic heterocycles. The van der Waals surface area contributed by atoms with Gasteiger partial charge in [0.15, 0.2) is 4.77 Å². The number of carbonyl (C=O) groups excluding carboxylic acids is 1. The number of aromatic amines is 1. The van der Waals surface area contributed by atoms with E-state index in [9.17, 15) is 18.0 Å². The van der Waals surface area contributed by atoms with E-state index in [1.54, 1.807) is 28.8 Å². The normalized spacial score (nSPS) is 11.6. The van der Waals surface area contributed by atoms with E-state index in [1.807, 2.05) is 6.92 Å². The first-order chi connectivity index (χ1) is 12.8. The van der Waals surface area contributed by atoms with Crippen molar-refractivity contribution in [2.24, 2.45) is 0 Å². The Bertz CT molecular complexity index is 800. The van der Waals surface area contributed by atoms with Gasteiger partial charge in [-0.15, -0.1) is 0 Å². The summed E-state index contributed by atoms with van der Waals surface area (Å²) in [6, 6.07) is 6.81. The number of aromatic nitrogens is 3. The summed E-state index contributed by atoms with van der Waals surface area (Å²) in [7, 11) is 0. The lowest BCUT2D eigenvalue weighted by atomic mass is 10.1. The van der Waals surface area contributed by atoms with Crippen molar-refractivity contribution in [3.63, 3.8) is 0 Å². The van der Waals surface area contributed by atoms with Crippen LogP contribution in [-0.2, 0) is 35.6 Å². The average molecular weight is 402 g/mol. The topological polar surface area (TPSA) is 71.9 Å². The molecule has 2 rings (SSSR count). The fraction of sp³-hybridized carbons (Fsp3) is 0.471. The second-order valence-electron chi connectivity index (χ2n) is 5.98. The molecular formula is C17H21F3N4O2S. The molecular weight excluding hydrogens is 381 g/mol. The number of benzene rings is 1. The minimum Gasteiger partial charge on any atom is -0.367 e. The predicted octanol–water partition coefficient (Wildman–Crippen LogP) is 3.29. The van der Waals surface area contributed by atoms with E-state index in [4.69, 9.17) is 12.2 Å². The molecule has 1 amide bonds. The molecule has 1 heterocycles. The SMILES string of the molecule is CCCc1n[nH]c(=S)n1CC(=O)NCc1ccc(COCC(F)(F)F)cc1. The highest BCUT2D eigenvalue weighted by Gasteiger charge is 2.27. The molecule has 148 valence electrons. The summed E-state index contributed by atoms with van der Waals surface area (Å²) in [5, 5.41) is 9.59. The molecule has 1 aromatic carbocycles. The number of halogens is 3. The quantitative estimate of drug-likeness (QED) is 0.632. The third-order valence-corrected chi connectivity index (χ3v) is 3.97. The lowest BCUT2D eigenvalue weighted by molar-refractivity contribution is -0.176. The zero-order valence-electron chi connectivity index (χ0n) is 14.8. The third-order valence-electron chi connectivity index (χ3n) is 3.66. The van der Waals surface area contributed by atoms with Crippen molar-refractivity contribution in [3.05, 3.63) is 46.0 Å². The molecule has 0 radical (unpaired) electrons. The second-order valence-corrected chi connectivity index (χ2v) is 6.37. The predicted molar refractivity (Wildman–Crippen MR) is 95.4 cm³/mol. The van der Waals surface area contributed by atoms with E-state index in [0.717, 1.165) is 24.2 Å². The van der Waals surface area contributed by atoms with Crippen LogP contribution < -0.4 is 5.32 Å². The highest BCUT2D eigenvalue weighted by molar-refractivity contribution is 7.71. The highest BCUT2D eigenvalue weighted by Crippen LogP contribution is 2.15. The fourth-order valence-corrected chi connectivity index (χ4v) is 2.58. The molecule has 10 heteroatoms. The molecule has 0 fully saturated rings. The lowest BCUT2D eigenvalue weighted by Crippen LogP contribution is -2.27. The number of hydrogen-bond donors (Lipinski definition) is 2. The Morgan fingerprint density at radius 1 is 1.30 bits per heavy atom. The van der Waals surface area contributed by atoms with Crippen LogP contribution >= 0.6 is 12.2 Å². The molecule has 0 aliphatic rings. The van der Waals surface area contributed by atoms with Gasteiger partial charge in [0.05, 0.1) is 6.61 Å². The van der Waals surface area contributed by atoms with Gasteiger partial charge in [0, 0.05) is 13.0 Å². The van der Waals surface area contributed by atoms with Crippen LogP contribution in [0.25, 0.3) is 0 Å². The number of amides is 1. The first kappa shape index (κ1) is 21.1. The zero-order chi connectivity index (χ0) is 19.9. The van der Waals surface area contributed by atoms with Crippen molar-refractivity contribution in [2.75, 3.05) is 6.61 Å². The minimum atomic E-state index is -4.33. The van der Waals surface area contributed by atoms with Crippen LogP contribution in [0.1, 0.15) is 30.3 Å². The van der Waals surface area contributed by atoms with Crippen LogP contribution in [0.4, 0.5) is 13.2 Å². The summed E-state index contributed by atoms with van der Waals surface area (Å²) >= 11 is 5.14. The van der Waals surface area contributed by atoms with Crippen LogP contribution in [-0.4, -0.2) is 33.5 Å². The Morgan fingerprint density at radius 3 is 2.59 bits per heavy atom. The molecule has 0 aliphatic heterocycles. The van der Waals surface area contributed by atoms with Crippen molar-refractivity contribution in [1.82, 2.24) is 20.1 Å². The van der Waals surface area contributed by atoms with Crippen molar-refractivity contribution in [1.29, 1.82) is 0 Å². The van der Waals surface area contributed by atoms with Crippen LogP contribution in [0.5, 0.6) is 0 Å². The Balaban J connectivity index is 1.82. The van der Waals surface area contributed by atoms with Gasteiger partial charge < -0.3 is 10.1 Å². The number of ether oxygens (including phenoxy) is 1. The van der Waals surface area contributed by atoms with E-state index in [1.165, 1.54) is 0 Å². The van der Waals surface area contributed by atoms with Crippen LogP contribution in [0.2, 0.25) is 0 Å². The Labute approximate surface area is 159 Å². The van der Waals surface area contributed by atoms with Gasteiger partial charge in [-0.25, -0.2) is 0 Å². The summed E-state index contributed by atoms with van der Waals surface area (Å²) in [4.78, 5) is 12.1. The smallest absolute Gasteiger partial charge is 0.367 e. The number of aryl methyl sites for hydroxylation is 1. The Hall–Kier alpha value is -2.20. The number of nitrogens with zero attached hydrogens (tertiary/aromatic N) is 2. The van der Waals surface area contributed by atoms with Gasteiger partial charge in [0.1, 0.15) is 19.0 Å². The number of rotatable bonds is 9. The number of hydrogen-bond acceptors (Lipinski definition) is 4. The van der Waals surface area contributed by atoms with Gasteiger partial charge in [0.25, 0.3) is 0 Å². The van der Waals surface area contributed by atoms with E-state index >= 15 is 0 Å². The van der Waals surface area contributed by atoms with Crippen LogP contribution in [0.15, 0.2) is 24.3 Å². The molecule has 2 aromatic rings. The van der Waals surface area contributed by atoms with E-state index in [-0.39, 0.29) is 19.1 Å². The zero-order valence-corrected chi connectivity index (χ0v) is 15.6. The van der Waals surface area contributed by atoms with E-state index in [0.29, 0.717) is 16.9 Å². The molecule has 6 nitrogen and oxygen atoms in total. The van der Waals surface area contributed by atoms with Gasteiger partial charge in [-0.2, -0.15) is 18.3 Å². The van der Waals surface area contributed by atoms with Crippen LogP contribution in [0.3, 0.4) is 0 Å². The fourth-order valence-electron chi connectivity index (χ4n) is 2.37. The third kappa shape index (κ3) is 7.14. The molecule has 0 aliphatic carbocycles. The second kappa shape index (κ2) is 9.65. The first-order valence-corrected chi connectivity index (χ1v) is 8.82. The molecule has 0 spiro atoms. The molecule has 0 unspecified atom stereocenters. The first-order valence-electron chi connectivity index (χ1n) is 8.41. The van der Waals surface area contributed by atoms with Gasteiger partial charge in [-0.1, -0.05) is 31.2 Å². The van der Waals surface area contributed by atoms with Crippen molar-refractivity contribution >= 4 is 18.1 Å². The van der Waals surface area contributed by atoms with E-state index in [2.05, 4.69) is 20.3 Å². The van der Waals surface area contributed by atoms with Crippen molar-refractivity contribution in [3.8, 4) is 0 Å². The lowest BCUT2D eigenvalue weighted by Gasteiger charge is -2.09. The Kier molecular flexibility index (Phi) is 7.55. The molecule has 0 atom stereocenters. The van der Waals surface area contributed by atoms with Gasteiger partial charge in [-0.3, -0.25) is 14.5 Å². The highest BCUT2D eigenvalue weighted by atomic mass is 32.1.